The summed E-state index contributed by atoms with van der Waals surface area (Å²) in [5, 5.41) is 2.21. The number of aryl methyl sites for hydroxylation is 2. The molecule has 0 atom stereocenters. The Kier molecular flexibility index (Phi) is 3.57. The largest absolute Gasteiger partial charge is 0.351 e. The minimum Gasteiger partial charge on any atom is -0.351 e. The molecule has 0 bridgehead atoms. The molecule has 1 fully saturated rings. The topological polar surface area (TPSA) is 71.4 Å². The number of barbiturate groups is 1. The number of hydrogen-bond donors (Lipinski definition) is 1. The van der Waals surface area contributed by atoms with Crippen molar-refractivity contribution in [2.45, 2.75) is 6.92 Å². The van der Waals surface area contributed by atoms with E-state index in [1.54, 1.807) is 48.1 Å². The summed E-state index contributed by atoms with van der Waals surface area (Å²) in [6, 6.07) is 9.83. The maximum Gasteiger partial charge on any atom is 0.335 e. The quantitative estimate of drug-likeness (QED) is 0.681. The van der Waals surface area contributed by atoms with Crippen LogP contribution in [0, 0.1) is 6.92 Å². The summed E-state index contributed by atoms with van der Waals surface area (Å²) in [5.74, 6) is -1.32. The van der Waals surface area contributed by atoms with E-state index in [-0.39, 0.29) is 5.57 Å². The van der Waals surface area contributed by atoms with E-state index < -0.39 is 17.8 Å². The maximum atomic E-state index is 12.7. The maximum absolute atomic E-state index is 12.7. The second kappa shape index (κ2) is 5.57. The highest BCUT2D eigenvalue weighted by Crippen LogP contribution is 2.22. The Morgan fingerprint density at radius 1 is 1.09 bits per heavy atom. The second-order valence-corrected chi connectivity index (χ2v) is 5.34. The third kappa shape index (κ3) is 2.66. The van der Waals surface area contributed by atoms with Crippen LogP contribution >= 0.6 is 0 Å². The van der Waals surface area contributed by atoms with E-state index in [0.29, 0.717) is 11.4 Å². The van der Waals surface area contributed by atoms with Crippen LogP contribution < -0.4 is 10.2 Å². The Labute approximate surface area is 133 Å². The van der Waals surface area contributed by atoms with E-state index in [2.05, 4.69) is 5.32 Å². The fourth-order valence-corrected chi connectivity index (χ4v) is 2.43. The van der Waals surface area contributed by atoms with E-state index in [0.717, 1.165) is 10.5 Å². The standard InChI is InChI=1S/C17H15N3O3/c1-11-5-3-6-13(9-11)20-16(22)14(15(21)18-17(20)23)10-12-7-4-8-19(12)2/h3-10H,1-2H3,(H,18,21,23). The van der Waals surface area contributed by atoms with Crippen LogP contribution in [0.4, 0.5) is 10.5 Å². The lowest BCUT2D eigenvalue weighted by Gasteiger charge is -2.26. The molecule has 1 aromatic heterocycles. The number of hydrogen-bond acceptors (Lipinski definition) is 3. The first-order valence-electron chi connectivity index (χ1n) is 7.07. The van der Waals surface area contributed by atoms with Crippen molar-refractivity contribution in [2.75, 3.05) is 4.90 Å². The molecule has 1 N–H and O–H groups in total. The van der Waals surface area contributed by atoms with Crippen LogP contribution in [0.25, 0.3) is 6.08 Å². The van der Waals surface area contributed by atoms with Crippen LogP contribution in [0.15, 0.2) is 48.2 Å². The van der Waals surface area contributed by atoms with E-state index in [1.165, 1.54) is 6.08 Å². The first-order valence-corrected chi connectivity index (χ1v) is 7.07. The highest BCUT2D eigenvalue weighted by atomic mass is 16.2. The lowest BCUT2D eigenvalue weighted by Crippen LogP contribution is -2.54. The van der Waals surface area contributed by atoms with Crippen molar-refractivity contribution in [3.63, 3.8) is 0 Å². The van der Waals surface area contributed by atoms with Gasteiger partial charge in [0.2, 0.25) is 0 Å². The molecular formula is C17H15N3O3. The van der Waals surface area contributed by atoms with Gasteiger partial charge >= 0.3 is 6.03 Å². The zero-order valence-electron chi connectivity index (χ0n) is 12.7. The molecule has 4 amide bonds. The Morgan fingerprint density at radius 2 is 1.87 bits per heavy atom. The van der Waals surface area contributed by atoms with Crippen LogP contribution in [0.2, 0.25) is 0 Å². The fraction of sp³-hybridized carbons (Fsp3) is 0.118. The Balaban J connectivity index is 2.04. The van der Waals surface area contributed by atoms with Gasteiger partial charge in [-0.1, -0.05) is 12.1 Å². The molecule has 2 aromatic rings. The molecule has 0 spiro atoms. The van der Waals surface area contributed by atoms with Crippen molar-refractivity contribution in [3.05, 3.63) is 59.4 Å². The SMILES string of the molecule is Cc1cccc(N2C(=O)NC(=O)C(=Cc3cccn3C)C2=O)c1. The number of nitrogens with one attached hydrogen (secondary N) is 1. The molecule has 1 saturated heterocycles. The van der Waals surface area contributed by atoms with E-state index in [4.69, 9.17) is 0 Å². The third-order valence-electron chi connectivity index (χ3n) is 3.64. The molecule has 0 unspecified atom stereocenters. The Hall–Kier alpha value is -3.15. The van der Waals surface area contributed by atoms with Crippen molar-refractivity contribution >= 4 is 29.6 Å². The zero-order chi connectivity index (χ0) is 16.6. The number of amides is 4. The lowest BCUT2D eigenvalue weighted by molar-refractivity contribution is -0.122. The van der Waals surface area contributed by atoms with Gasteiger partial charge in [-0.2, -0.15) is 0 Å². The highest BCUT2D eigenvalue weighted by Gasteiger charge is 2.36. The van der Waals surface area contributed by atoms with Crippen molar-refractivity contribution in [3.8, 4) is 0 Å². The number of urea groups is 1. The fourth-order valence-electron chi connectivity index (χ4n) is 2.43. The molecule has 1 aliphatic heterocycles. The molecule has 6 heteroatoms. The van der Waals surface area contributed by atoms with Gasteiger partial charge < -0.3 is 4.57 Å². The number of carbonyl (C=O) groups excluding carboxylic acids is 3. The summed E-state index contributed by atoms with van der Waals surface area (Å²) in [4.78, 5) is 37.8. The molecular weight excluding hydrogens is 294 g/mol. The predicted octanol–water partition coefficient (Wildman–Crippen LogP) is 2.00. The first kappa shape index (κ1) is 14.8. The first-order chi connectivity index (χ1) is 11.0. The monoisotopic (exact) mass is 309 g/mol. The molecule has 0 radical (unpaired) electrons. The van der Waals surface area contributed by atoms with Crippen LogP contribution in [-0.4, -0.2) is 22.4 Å². The van der Waals surface area contributed by atoms with E-state index in [9.17, 15) is 14.4 Å². The smallest absolute Gasteiger partial charge is 0.335 e. The van der Waals surface area contributed by atoms with Crippen LogP contribution in [-0.2, 0) is 16.6 Å². The van der Waals surface area contributed by atoms with Gasteiger partial charge in [-0.3, -0.25) is 14.9 Å². The summed E-state index contributed by atoms with van der Waals surface area (Å²) in [6.07, 6.45) is 3.29. The number of benzene rings is 1. The molecule has 1 aromatic carbocycles. The van der Waals surface area contributed by atoms with Gasteiger partial charge in [0.25, 0.3) is 11.8 Å². The third-order valence-corrected chi connectivity index (χ3v) is 3.64. The molecule has 23 heavy (non-hydrogen) atoms. The molecule has 116 valence electrons. The van der Waals surface area contributed by atoms with Crippen molar-refractivity contribution < 1.29 is 14.4 Å². The molecule has 6 nitrogen and oxygen atoms in total. The highest BCUT2D eigenvalue weighted by molar-refractivity contribution is 6.39. The molecule has 2 heterocycles. The average molecular weight is 309 g/mol. The summed E-state index contributed by atoms with van der Waals surface area (Å²) in [7, 11) is 1.81. The van der Waals surface area contributed by atoms with Gasteiger partial charge in [0.05, 0.1) is 5.69 Å². The molecule has 0 saturated carbocycles. The molecule has 1 aliphatic rings. The number of carbonyl (C=O) groups is 3. The minimum atomic E-state index is -0.741. The van der Waals surface area contributed by atoms with Crippen molar-refractivity contribution in [2.24, 2.45) is 7.05 Å². The summed E-state index contributed by atoms with van der Waals surface area (Å²) >= 11 is 0. The van der Waals surface area contributed by atoms with Gasteiger partial charge in [0.1, 0.15) is 5.57 Å². The summed E-state index contributed by atoms with van der Waals surface area (Å²) in [6.45, 7) is 1.86. The number of nitrogens with zero attached hydrogens (tertiary/aromatic N) is 2. The number of rotatable bonds is 2. The van der Waals surface area contributed by atoms with Crippen LogP contribution in [0.3, 0.4) is 0 Å². The van der Waals surface area contributed by atoms with Crippen LogP contribution in [0.1, 0.15) is 11.3 Å². The number of aromatic nitrogens is 1. The van der Waals surface area contributed by atoms with Gasteiger partial charge in [0.15, 0.2) is 0 Å². The van der Waals surface area contributed by atoms with Gasteiger partial charge in [-0.25, -0.2) is 9.69 Å². The zero-order valence-corrected chi connectivity index (χ0v) is 12.7. The number of anilines is 1. The summed E-state index contributed by atoms with van der Waals surface area (Å²) in [5.41, 5.74) is 1.96. The van der Waals surface area contributed by atoms with Crippen LogP contribution in [0.5, 0.6) is 0 Å². The number of imide groups is 2. The van der Waals surface area contributed by atoms with E-state index in [1.807, 2.05) is 13.0 Å². The van der Waals surface area contributed by atoms with Gasteiger partial charge in [0, 0.05) is 18.9 Å². The molecule has 0 aliphatic carbocycles. The summed E-state index contributed by atoms with van der Waals surface area (Å²) < 4.78 is 1.78. The molecule has 3 rings (SSSR count). The second-order valence-electron chi connectivity index (χ2n) is 5.34. The lowest BCUT2D eigenvalue weighted by atomic mass is 10.1. The normalized spacial score (nSPS) is 16.9. The van der Waals surface area contributed by atoms with Crippen molar-refractivity contribution in [1.82, 2.24) is 9.88 Å². The Morgan fingerprint density at radius 3 is 2.52 bits per heavy atom. The van der Waals surface area contributed by atoms with Crippen molar-refractivity contribution in [1.29, 1.82) is 0 Å². The minimum absolute atomic E-state index is 0.0760. The van der Waals surface area contributed by atoms with E-state index >= 15 is 0 Å². The average Bonchev–Trinajstić information content (AvgIpc) is 2.88. The Bertz CT molecular complexity index is 848. The van der Waals surface area contributed by atoms with Gasteiger partial charge in [-0.05, 0) is 42.8 Å². The van der Waals surface area contributed by atoms with Gasteiger partial charge in [-0.15, -0.1) is 0 Å². The predicted molar refractivity (Wildman–Crippen MR) is 85.6 cm³/mol.